The maximum Gasteiger partial charge on any atom is 0.305 e. The first-order valence-electron chi connectivity index (χ1n) is 14.0. The quantitative estimate of drug-likeness (QED) is 0.0808. The second-order valence-electron chi connectivity index (χ2n) is 9.45. The molecule has 0 saturated heterocycles. The third kappa shape index (κ3) is 27.2. The van der Waals surface area contributed by atoms with Crippen LogP contribution < -0.4 is 0 Å². The molecule has 0 rings (SSSR count). The first kappa shape index (κ1) is 30.2. The number of methoxy groups -OCH3 is 1. The fraction of sp³-hybridized carbons (Fsp3) is 0.897. The van der Waals surface area contributed by atoms with Gasteiger partial charge in [0.15, 0.2) is 0 Å². The Hall–Kier alpha value is -0.790. The third-order valence-corrected chi connectivity index (χ3v) is 6.37. The normalized spacial score (nSPS) is 11.4. The molecule has 0 aliphatic carbocycles. The summed E-state index contributed by atoms with van der Waals surface area (Å²) in [6.45, 7) is 2.29. The topological polar surface area (TPSA) is 26.3 Å². The lowest BCUT2D eigenvalue weighted by Crippen LogP contribution is -1.99. The smallest absolute Gasteiger partial charge is 0.305 e. The van der Waals surface area contributed by atoms with Crippen molar-refractivity contribution in [1.82, 2.24) is 0 Å². The molecule has 31 heavy (non-hydrogen) atoms. The van der Waals surface area contributed by atoms with Crippen LogP contribution in [0.3, 0.4) is 0 Å². The summed E-state index contributed by atoms with van der Waals surface area (Å²) in [7, 11) is 1.47. The van der Waals surface area contributed by atoms with Crippen molar-refractivity contribution in [2.24, 2.45) is 0 Å². The standard InChI is InChI=1S/C29H56O2/c1-3-4-5-6-7-8-9-10-11-12-13-14-15-16-17-18-19-20-21-22-23-24-25-26-27-28-29(30)31-2/h19-20H,3-18,21-28H2,1-2H3/b20-19+. The second kappa shape index (κ2) is 27.2. The first-order valence-corrected chi connectivity index (χ1v) is 14.0. The van der Waals surface area contributed by atoms with Crippen LogP contribution in [0.15, 0.2) is 12.2 Å². The van der Waals surface area contributed by atoms with Crippen LogP contribution >= 0.6 is 0 Å². The van der Waals surface area contributed by atoms with E-state index in [0.717, 1.165) is 12.8 Å². The summed E-state index contributed by atoms with van der Waals surface area (Å²) in [5.41, 5.74) is 0. The fourth-order valence-corrected chi connectivity index (χ4v) is 4.21. The van der Waals surface area contributed by atoms with Gasteiger partial charge in [-0.15, -0.1) is 0 Å². The van der Waals surface area contributed by atoms with E-state index in [0.29, 0.717) is 6.42 Å². The monoisotopic (exact) mass is 436 g/mol. The van der Waals surface area contributed by atoms with Gasteiger partial charge in [-0.1, -0.05) is 135 Å². The van der Waals surface area contributed by atoms with Gasteiger partial charge in [0.25, 0.3) is 0 Å². The van der Waals surface area contributed by atoms with Crippen LogP contribution in [0.2, 0.25) is 0 Å². The van der Waals surface area contributed by atoms with Gasteiger partial charge in [0.2, 0.25) is 0 Å². The van der Waals surface area contributed by atoms with E-state index in [9.17, 15) is 4.79 Å². The Kier molecular flexibility index (Phi) is 26.5. The van der Waals surface area contributed by atoms with Gasteiger partial charge in [-0.25, -0.2) is 0 Å². The van der Waals surface area contributed by atoms with Gasteiger partial charge in [-0.05, 0) is 32.1 Å². The Balaban J connectivity index is 3.09. The van der Waals surface area contributed by atoms with Crippen LogP contribution in [0.1, 0.15) is 161 Å². The Morgan fingerprint density at radius 3 is 1.19 bits per heavy atom. The summed E-state index contributed by atoms with van der Waals surface area (Å²) < 4.78 is 4.66. The van der Waals surface area contributed by atoms with Crippen LogP contribution in [-0.4, -0.2) is 13.1 Å². The van der Waals surface area contributed by atoms with Gasteiger partial charge in [0.1, 0.15) is 0 Å². The zero-order chi connectivity index (χ0) is 22.7. The zero-order valence-corrected chi connectivity index (χ0v) is 21.4. The van der Waals surface area contributed by atoms with Gasteiger partial charge in [0, 0.05) is 6.42 Å². The summed E-state index contributed by atoms with van der Waals surface area (Å²) >= 11 is 0. The van der Waals surface area contributed by atoms with E-state index in [1.807, 2.05) is 0 Å². The summed E-state index contributed by atoms with van der Waals surface area (Å²) in [5.74, 6) is -0.0702. The van der Waals surface area contributed by atoms with E-state index in [-0.39, 0.29) is 5.97 Å². The Morgan fingerprint density at radius 1 is 0.516 bits per heavy atom. The number of esters is 1. The second-order valence-corrected chi connectivity index (χ2v) is 9.45. The summed E-state index contributed by atoms with van der Waals surface area (Å²) in [6, 6.07) is 0. The molecule has 0 spiro atoms. The number of carbonyl (C=O) groups is 1. The molecular weight excluding hydrogens is 380 g/mol. The maximum atomic E-state index is 11.0. The van der Waals surface area contributed by atoms with Crippen molar-refractivity contribution in [1.29, 1.82) is 0 Å². The Labute approximate surface area is 196 Å². The van der Waals surface area contributed by atoms with Crippen LogP contribution in [0.5, 0.6) is 0 Å². The largest absolute Gasteiger partial charge is 0.469 e. The molecule has 0 aromatic carbocycles. The molecule has 2 heteroatoms. The number of unbranched alkanes of at least 4 members (excludes halogenated alkanes) is 21. The van der Waals surface area contributed by atoms with Crippen molar-refractivity contribution in [3.05, 3.63) is 12.2 Å². The SMILES string of the molecule is CCCCCCCCCCCCCCCCC/C=C/CCCCCCCCC(=O)OC. The van der Waals surface area contributed by atoms with E-state index in [1.165, 1.54) is 142 Å². The molecule has 0 aliphatic heterocycles. The van der Waals surface area contributed by atoms with E-state index >= 15 is 0 Å². The average molecular weight is 437 g/mol. The Bertz CT molecular complexity index is 375. The van der Waals surface area contributed by atoms with Gasteiger partial charge in [0.05, 0.1) is 7.11 Å². The molecule has 0 heterocycles. The molecule has 0 aliphatic rings. The van der Waals surface area contributed by atoms with Crippen LogP contribution in [0, 0.1) is 0 Å². The van der Waals surface area contributed by atoms with Crippen LogP contribution in [0.4, 0.5) is 0 Å². The molecular formula is C29H56O2. The minimum Gasteiger partial charge on any atom is -0.469 e. The number of carbonyl (C=O) groups excluding carboxylic acids is 1. The predicted molar refractivity (Wildman–Crippen MR) is 138 cm³/mol. The highest BCUT2D eigenvalue weighted by Crippen LogP contribution is 2.14. The fourth-order valence-electron chi connectivity index (χ4n) is 4.21. The van der Waals surface area contributed by atoms with E-state index in [2.05, 4.69) is 23.8 Å². The van der Waals surface area contributed by atoms with E-state index in [4.69, 9.17) is 0 Å². The lowest BCUT2D eigenvalue weighted by atomic mass is 10.0. The molecule has 2 nitrogen and oxygen atoms in total. The highest BCUT2D eigenvalue weighted by molar-refractivity contribution is 5.68. The van der Waals surface area contributed by atoms with Crippen molar-refractivity contribution >= 4 is 5.97 Å². The first-order chi connectivity index (χ1) is 15.3. The summed E-state index contributed by atoms with van der Waals surface area (Å²) in [4.78, 5) is 11.0. The minimum atomic E-state index is -0.0702. The average Bonchev–Trinajstić information content (AvgIpc) is 2.78. The molecule has 0 radical (unpaired) electrons. The number of rotatable bonds is 25. The highest BCUT2D eigenvalue weighted by atomic mass is 16.5. The molecule has 0 aromatic rings. The zero-order valence-electron chi connectivity index (χ0n) is 21.4. The number of hydrogen-bond acceptors (Lipinski definition) is 2. The van der Waals surface area contributed by atoms with Gasteiger partial charge < -0.3 is 4.74 Å². The third-order valence-electron chi connectivity index (χ3n) is 6.37. The van der Waals surface area contributed by atoms with Crippen LogP contribution in [-0.2, 0) is 9.53 Å². The molecule has 0 atom stereocenters. The number of ether oxygens (including phenoxy) is 1. The minimum absolute atomic E-state index is 0.0702. The lowest BCUT2D eigenvalue weighted by molar-refractivity contribution is -0.140. The van der Waals surface area contributed by atoms with Gasteiger partial charge in [-0.2, -0.15) is 0 Å². The molecule has 0 amide bonds. The molecule has 0 fully saturated rings. The molecule has 0 aromatic heterocycles. The summed E-state index contributed by atoms with van der Waals surface area (Å²) in [6.07, 6.45) is 36.8. The number of hydrogen-bond donors (Lipinski definition) is 0. The Morgan fingerprint density at radius 2 is 0.839 bits per heavy atom. The maximum absolute atomic E-state index is 11.0. The van der Waals surface area contributed by atoms with Gasteiger partial charge in [-0.3, -0.25) is 4.79 Å². The van der Waals surface area contributed by atoms with Gasteiger partial charge >= 0.3 is 5.97 Å². The van der Waals surface area contributed by atoms with Crippen molar-refractivity contribution in [3.63, 3.8) is 0 Å². The van der Waals surface area contributed by atoms with Crippen molar-refractivity contribution in [3.8, 4) is 0 Å². The summed E-state index contributed by atoms with van der Waals surface area (Å²) in [5, 5.41) is 0. The molecule has 0 N–H and O–H groups in total. The highest BCUT2D eigenvalue weighted by Gasteiger charge is 1.99. The molecule has 0 saturated carbocycles. The lowest BCUT2D eigenvalue weighted by Gasteiger charge is -2.03. The number of allylic oxidation sites excluding steroid dienone is 2. The predicted octanol–water partition coefficient (Wildman–Crippen LogP) is 10.1. The molecule has 0 bridgehead atoms. The van der Waals surface area contributed by atoms with E-state index < -0.39 is 0 Å². The van der Waals surface area contributed by atoms with E-state index in [1.54, 1.807) is 0 Å². The van der Waals surface area contributed by atoms with Crippen LogP contribution in [0.25, 0.3) is 0 Å². The molecule has 184 valence electrons. The van der Waals surface area contributed by atoms with Crippen molar-refractivity contribution < 1.29 is 9.53 Å². The molecule has 0 unspecified atom stereocenters. The van der Waals surface area contributed by atoms with Crippen molar-refractivity contribution in [2.45, 2.75) is 161 Å². The van der Waals surface area contributed by atoms with Crippen molar-refractivity contribution in [2.75, 3.05) is 7.11 Å².